The van der Waals surface area contributed by atoms with Crippen molar-refractivity contribution < 1.29 is 9.53 Å². The number of carbonyl (C=O) groups is 1. The van der Waals surface area contributed by atoms with Crippen molar-refractivity contribution >= 4 is 23.3 Å². The summed E-state index contributed by atoms with van der Waals surface area (Å²) in [5.41, 5.74) is 4.55. The normalized spacial score (nSPS) is 40.8. The molecule has 1 N–H and O–H groups in total. The number of hydrogen-bond acceptors (Lipinski definition) is 6. The average molecular weight is 690 g/mol. The number of methoxy groups -OCH3 is 1. The Morgan fingerprint density at radius 1 is 0.959 bits per heavy atom. The van der Waals surface area contributed by atoms with Gasteiger partial charge in [0.2, 0.25) is 0 Å². The Morgan fingerprint density at radius 2 is 1.67 bits per heavy atom. The van der Waals surface area contributed by atoms with Crippen LogP contribution in [0.4, 0.5) is 0 Å². The lowest BCUT2D eigenvalue weighted by molar-refractivity contribution is -0.177. The van der Waals surface area contributed by atoms with Crippen molar-refractivity contribution in [3.05, 3.63) is 41.5 Å². The Labute approximate surface area is 303 Å². The van der Waals surface area contributed by atoms with Gasteiger partial charge in [-0.2, -0.15) is 11.8 Å². The third-order valence-corrected chi connectivity index (χ3v) is 17.2. The van der Waals surface area contributed by atoms with Crippen LogP contribution in [0.5, 0.6) is 0 Å². The van der Waals surface area contributed by atoms with Crippen LogP contribution in [-0.2, 0) is 4.74 Å². The largest absolute Gasteiger partial charge is 0.465 e. The first kappa shape index (κ1) is 36.0. The van der Waals surface area contributed by atoms with E-state index in [4.69, 9.17) is 4.74 Å². The molecule has 0 bridgehead atoms. The van der Waals surface area contributed by atoms with E-state index in [9.17, 15) is 4.79 Å². The Balaban J connectivity index is 1.14. The van der Waals surface area contributed by atoms with E-state index < -0.39 is 0 Å². The maximum absolute atomic E-state index is 12.1. The molecule has 10 atom stereocenters. The molecule has 1 aromatic rings. The minimum absolute atomic E-state index is 0.0916. The third kappa shape index (κ3) is 5.99. The smallest absolute Gasteiger partial charge is 0.337 e. The van der Waals surface area contributed by atoms with Gasteiger partial charge in [-0.15, -0.1) is 0 Å². The molecule has 0 aromatic heterocycles. The monoisotopic (exact) mass is 689 g/mol. The van der Waals surface area contributed by atoms with Crippen molar-refractivity contribution in [2.45, 2.75) is 104 Å². The molecule has 5 nitrogen and oxygen atoms in total. The van der Waals surface area contributed by atoms with Gasteiger partial charge in [-0.25, -0.2) is 4.79 Å². The van der Waals surface area contributed by atoms with Crippen molar-refractivity contribution in [3.8, 4) is 0 Å². The summed E-state index contributed by atoms with van der Waals surface area (Å²) in [4.78, 5) is 17.4. The summed E-state index contributed by atoms with van der Waals surface area (Å²) in [6, 6.07) is 8.84. The number of fused-ring (bicyclic) bond motifs is 7. The highest BCUT2D eigenvalue weighted by atomic mass is 32.2. The summed E-state index contributed by atoms with van der Waals surface area (Å²) in [7, 11) is 6.11. The van der Waals surface area contributed by atoms with Crippen LogP contribution in [0.3, 0.4) is 0 Å². The molecule has 10 unspecified atom stereocenters. The van der Waals surface area contributed by atoms with Gasteiger partial charge in [-0.1, -0.05) is 45.9 Å². The van der Waals surface area contributed by atoms with E-state index in [1.54, 1.807) is 0 Å². The molecular formula is C43H67N3O2S. The Bertz CT molecular complexity index is 1390. The lowest BCUT2D eigenvalue weighted by Crippen LogP contribution is -2.65. The van der Waals surface area contributed by atoms with Gasteiger partial charge in [0.05, 0.1) is 12.7 Å². The molecule has 0 radical (unpaired) electrons. The van der Waals surface area contributed by atoms with Gasteiger partial charge >= 0.3 is 5.97 Å². The number of esters is 1. The van der Waals surface area contributed by atoms with Crippen LogP contribution in [-0.4, -0.2) is 86.2 Å². The molecule has 1 saturated heterocycles. The zero-order valence-corrected chi connectivity index (χ0v) is 33.0. The number of thioether (sulfide) groups is 1. The number of ether oxygens (including phenoxy) is 1. The van der Waals surface area contributed by atoms with Gasteiger partial charge in [0.25, 0.3) is 0 Å². The Hall–Kier alpha value is -1.34. The minimum Gasteiger partial charge on any atom is -0.465 e. The van der Waals surface area contributed by atoms with Crippen LogP contribution in [0.15, 0.2) is 30.3 Å². The molecule has 0 spiro atoms. The maximum Gasteiger partial charge on any atom is 0.337 e. The molecular weight excluding hydrogens is 623 g/mol. The maximum atomic E-state index is 12.1. The summed E-state index contributed by atoms with van der Waals surface area (Å²) in [5.74, 6) is 7.07. The summed E-state index contributed by atoms with van der Waals surface area (Å²) in [5, 5.41) is 4.38. The van der Waals surface area contributed by atoms with Crippen LogP contribution in [0.25, 0.3) is 5.57 Å². The fourth-order valence-electron chi connectivity index (χ4n) is 13.8. The fourth-order valence-corrected chi connectivity index (χ4v) is 14.8. The zero-order chi connectivity index (χ0) is 34.8. The molecule has 5 aliphatic carbocycles. The number of nitrogens with one attached hydrogen (secondary N) is 1. The lowest BCUT2D eigenvalue weighted by Gasteiger charge is -2.69. The fraction of sp³-hybridized carbons (Fsp3) is 0.791. The summed E-state index contributed by atoms with van der Waals surface area (Å²) in [6.45, 7) is 18.0. The quantitative estimate of drug-likeness (QED) is 0.276. The zero-order valence-electron chi connectivity index (χ0n) is 32.2. The van der Waals surface area contributed by atoms with E-state index in [0.717, 1.165) is 36.1 Å². The van der Waals surface area contributed by atoms with E-state index in [0.29, 0.717) is 33.9 Å². The van der Waals surface area contributed by atoms with E-state index >= 15 is 0 Å². The predicted octanol–water partition coefficient (Wildman–Crippen LogP) is 8.50. The highest BCUT2D eigenvalue weighted by Crippen LogP contribution is 2.73. The van der Waals surface area contributed by atoms with Gasteiger partial charge in [0, 0.05) is 49.3 Å². The van der Waals surface area contributed by atoms with Crippen molar-refractivity contribution in [2.24, 2.45) is 51.8 Å². The highest BCUT2D eigenvalue weighted by Gasteiger charge is 2.66. The van der Waals surface area contributed by atoms with Crippen LogP contribution in [0.1, 0.15) is 108 Å². The van der Waals surface area contributed by atoms with Crippen LogP contribution in [0.2, 0.25) is 0 Å². The molecule has 1 aromatic carbocycles. The van der Waals surface area contributed by atoms with E-state index in [-0.39, 0.29) is 11.4 Å². The molecule has 1 heterocycles. The van der Waals surface area contributed by atoms with Gasteiger partial charge in [0.15, 0.2) is 0 Å². The van der Waals surface area contributed by atoms with Crippen molar-refractivity contribution in [1.29, 1.82) is 0 Å². The molecule has 7 rings (SSSR count). The van der Waals surface area contributed by atoms with E-state index in [1.807, 2.05) is 12.1 Å². The van der Waals surface area contributed by atoms with E-state index in [2.05, 4.69) is 93.8 Å². The van der Waals surface area contributed by atoms with Gasteiger partial charge in [-0.05, 0) is 154 Å². The molecule has 6 aliphatic rings. The van der Waals surface area contributed by atoms with Gasteiger partial charge in [0.1, 0.15) is 0 Å². The number of rotatable bonds is 8. The number of nitrogens with zero attached hydrogens (tertiary/aromatic N) is 2. The topological polar surface area (TPSA) is 44.8 Å². The number of allylic oxidation sites excluding steroid dienone is 2. The second-order valence-corrected chi connectivity index (χ2v) is 19.8. The first-order valence-corrected chi connectivity index (χ1v) is 21.1. The number of carbonyl (C=O) groups excluding carboxylic acids is 1. The van der Waals surface area contributed by atoms with E-state index in [1.165, 1.54) is 107 Å². The Morgan fingerprint density at radius 3 is 2.37 bits per heavy atom. The molecule has 49 heavy (non-hydrogen) atoms. The second-order valence-electron chi connectivity index (χ2n) is 18.6. The third-order valence-electron chi connectivity index (χ3n) is 16.3. The predicted molar refractivity (Wildman–Crippen MR) is 206 cm³/mol. The standard InChI is InChI=1S/C43H67N3O2S/c1-29(45(6)7)32-15-21-43(44-23-24-46-25-27-49-28-26-46)22-17-35-33(38(32)43)13-14-37-41(35,4)20-18-36-40(2,3)34(16-19-42(36,37)5)30-9-11-31(12-10-30)39(47)48-8/h9-12,16,29,32-33,35-38,44H,13-15,17-28H2,1-8H3. The summed E-state index contributed by atoms with van der Waals surface area (Å²) >= 11 is 2.12. The molecule has 0 amide bonds. The molecule has 272 valence electrons. The van der Waals surface area contributed by atoms with Crippen LogP contribution in [0, 0.1) is 51.8 Å². The van der Waals surface area contributed by atoms with Crippen molar-refractivity contribution in [1.82, 2.24) is 15.1 Å². The first-order valence-electron chi connectivity index (χ1n) is 20.0. The highest BCUT2D eigenvalue weighted by molar-refractivity contribution is 7.99. The van der Waals surface area contributed by atoms with Gasteiger partial charge < -0.3 is 19.9 Å². The summed E-state index contributed by atoms with van der Waals surface area (Å²) < 4.78 is 4.98. The molecule has 4 saturated carbocycles. The first-order chi connectivity index (χ1) is 23.4. The Kier molecular flexibility index (Phi) is 9.98. The van der Waals surface area contributed by atoms with Crippen molar-refractivity contribution in [3.63, 3.8) is 0 Å². The minimum atomic E-state index is -0.259. The second kappa shape index (κ2) is 13.6. The molecule has 5 fully saturated rings. The summed E-state index contributed by atoms with van der Waals surface area (Å²) in [6.07, 6.45) is 14.9. The SMILES string of the molecule is COC(=O)c1ccc(C2=CCC3(C)C(CCC4(C)C5CCC6(NCCN7CCSCC7)CCC(C(C)N(C)C)C6C5CCC43)C2(C)C)cc1. The van der Waals surface area contributed by atoms with Crippen LogP contribution < -0.4 is 5.32 Å². The number of hydrogen-bond donors (Lipinski definition) is 1. The number of benzene rings is 1. The molecule has 1 aliphatic heterocycles. The van der Waals surface area contributed by atoms with Crippen molar-refractivity contribution in [2.75, 3.05) is 58.9 Å². The van der Waals surface area contributed by atoms with Crippen LogP contribution >= 0.6 is 11.8 Å². The average Bonchev–Trinajstić information content (AvgIpc) is 3.47. The van der Waals surface area contributed by atoms with Gasteiger partial charge in [-0.3, -0.25) is 0 Å². The molecule has 6 heteroatoms. The lowest BCUT2D eigenvalue weighted by atomic mass is 9.36.